The molecule has 2 fully saturated rings. The zero-order valence-electron chi connectivity index (χ0n) is 23.8. The summed E-state index contributed by atoms with van der Waals surface area (Å²) in [5.41, 5.74) is 8.30. The number of carbonyl (C=O) groups excluding carboxylic acids is 2. The van der Waals surface area contributed by atoms with Crippen molar-refractivity contribution in [3.05, 3.63) is 83.0 Å². The monoisotopic (exact) mass is 568 g/mol. The van der Waals surface area contributed by atoms with Gasteiger partial charge in [-0.15, -0.1) is 0 Å². The van der Waals surface area contributed by atoms with Crippen LogP contribution in [-0.4, -0.2) is 72.7 Å². The molecule has 0 spiro atoms. The fourth-order valence-corrected chi connectivity index (χ4v) is 5.60. The minimum atomic E-state index is -0.664. The van der Waals surface area contributed by atoms with Gasteiger partial charge in [0.15, 0.2) is 11.5 Å². The zero-order valence-corrected chi connectivity index (χ0v) is 23.8. The third kappa shape index (κ3) is 6.95. The summed E-state index contributed by atoms with van der Waals surface area (Å²) in [6.07, 6.45) is 5.33. The SMILES string of the molecule is [C-]#[N+]CN1CCC(c2ccc(Nc3nc(N4CCC[C@@H](NC(=O)c5ccc(OC)cc5)C4)cnc3C(N)=O)cc2)CC1. The van der Waals surface area contributed by atoms with Gasteiger partial charge in [0.05, 0.1) is 13.3 Å². The van der Waals surface area contributed by atoms with E-state index in [4.69, 9.17) is 22.0 Å². The van der Waals surface area contributed by atoms with Crippen LogP contribution >= 0.6 is 0 Å². The van der Waals surface area contributed by atoms with E-state index in [1.54, 1.807) is 37.6 Å². The number of likely N-dealkylation sites (tertiary alicyclic amines) is 1. The molecule has 3 heterocycles. The largest absolute Gasteiger partial charge is 0.497 e. The van der Waals surface area contributed by atoms with Crippen LogP contribution in [-0.2, 0) is 0 Å². The number of carbonyl (C=O) groups is 2. The van der Waals surface area contributed by atoms with Crippen molar-refractivity contribution in [1.82, 2.24) is 20.2 Å². The maximum absolute atomic E-state index is 12.8. The maximum atomic E-state index is 12.8. The molecule has 4 N–H and O–H groups in total. The number of nitrogens with two attached hydrogens (primary N) is 1. The van der Waals surface area contributed by atoms with Gasteiger partial charge in [-0.05, 0) is 73.6 Å². The lowest BCUT2D eigenvalue weighted by Gasteiger charge is -2.34. The first-order valence-corrected chi connectivity index (χ1v) is 14.2. The summed E-state index contributed by atoms with van der Waals surface area (Å²) in [7, 11) is 1.59. The molecule has 2 aromatic carbocycles. The Labute approximate surface area is 245 Å². The molecule has 1 atom stereocenters. The molecule has 2 aliphatic heterocycles. The van der Waals surface area contributed by atoms with E-state index in [1.807, 2.05) is 12.1 Å². The van der Waals surface area contributed by atoms with E-state index in [0.717, 1.165) is 51.0 Å². The van der Waals surface area contributed by atoms with Crippen LogP contribution in [0.25, 0.3) is 4.85 Å². The van der Waals surface area contributed by atoms with Crippen molar-refractivity contribution in [2.45, 2.75) is 37.6 Å². The van der Waals surface area contributed by atoms with Crippen molar-refractivity contribution in [1.29, 1.82) is 0 Å². The molecule has 11 heteroatoms. The first-order valence-electron chi connectivity index (χ1n) is 14.2. The number of rotatable bonds is 9. The Balaban J connectivity index is 1.25. The highest BCUT2D eigenvalue weighted by Gasteiger charge is 2.25. The summed E-state index contributed by atoms with van der Waals surface area (Å²) in [6, 6.07) is 15.1. The first kappa shape index (κ1) is 28.8. The zero-order chi connectivity index (χ0) is 29.5. The van der Waals surface area contributed by atoms with E-state index in [-0.39, 0.29) is 17.6 Å². The Morgan fingerprint density at radius 3 is 2.48 bits per heavy atom. The summed E-state index contributed by atoms with van der Waals surface area (Å²) in [6.45, 7) is 10.7. The summed E-state index contributed by atoms with van der Waals surface area (Å²) in [4.78, 5) is 41.8. The van der Waals surface area contributed by atoms with Crippen molar-refractivity contribution in [2.75, 3.05) is 50.2 Å². The van der Waals surface area contributed by atoms with Crippen molar-refractivity contribution in [2.24, 2.45) is 5.73 Å². The van der Waals surface area contributed by atoms with E-state index in [1.165, 1.54) is 5.56 Å². The molecule has 1 aromatic heterocycles. The molecular weight excluding hydrogens is 532 g/mol. The fourth-order valence-electron chi connectivity index (χ4n) is 5.60. The Morgan fingerprint density at radius 1 is 1.07 bits per heavy atom. The lowest BCUT2D eigenvalue weighted by molar-refractivity contribution is 0.0931. The number of hydrogen-bond acceptors (Lipinski definition) is 8. The number of hydrogen-bond donors (Lipinski definition) is 3. The number of ether oxygens (including phenoxy) is 1. The third-order valence-electron chi connectivity index (χ3n) is 7.93. The molecule has 0 bridgehead atoms. The van der Waals surface area contributed by atoms with Gasteiger partial charge in [-0.3, -0.25) is 14.4 Å². The van der Waals surface area contributed by atoms with Crippen LogP contribution < -0.4 is 26.0 Å². The number of methoxy groups -OCH3 is 1. The van der Waals surface area contributed by atoms with Gasteiger partial charge in [-0.2, -0.15) is 0 Å². The number of nitrogens with one attached hydrogen (secondary N) is 2. The number of piperidine rings is 2. The minimum Gasteiger partial charge on any atom is -0.497 e. The predicted molar refractivity (Wildman–Crippen MR) is 161 cm³/mol. The van der Waals surface area contributed by atoms with Crippen LogP contribution in [0.4, 0.5) is 17.3 Å². The van der Waals surface area contributed by atoms with Crippen molar-refractivity contribution in [3.63, 3.8) is 0 Å². The minimum absolute atomic E-state index is 0.0661. The number of benzene rings is 2. The number of anilines is 3. The molecule has 11 nitrogen and oxygen atoms in total. The van der Waals surface area contributed by atoms with Gasteiger partial charge in [0.2, 0.25) is 0 Å². The highest BCUT2D eigenvalue weighted by atomic mass is 16.5. The Morgan fingerprint density at radius 2 is 1.81 bits per heavy atom. The van der Waals surface area contributed by atoms with E-state index in [2.05, 4.69) is 42.4 Å². The third-order valence-corrected chi connectivity index (χ3v) is 7.93. The van der Waals surface area contributed by atoms with E-state index >= 15 is 0 Å². The Hall–Kier alpha value is -4.69. The molecule has 3 aromatic rings. The molecule has 0 radical (unpaired) electrons. The highest BCUT2D eigenvalue weighted by molar-refractivity contribution is 5.96. The van der Waals surface area contributed by atoms with Gasteiger partial charge in [0, 0.05) is 43.5 Å². The molecular formula is C31H36N8O3. The van der Waals surface area contributed by atoms with Crippen LogP contribution in [0.5, 0.6) is 5.75 Å². The van der Waals surface area contributed by atoms with Gasteiger partial charge in [0.25, 0.3) is 18.5 Å². The van der Waals surface area contributed by atoms with E-state index < -0.39 is 5.91 Å². The average molecular weight is 569 g/mol. The first-order chi connectivity index (χ1) is 20.4. The van der Waals surface area contributed by atoms with Crippen molar-refractivity contribution < 1.29 is 14.3 Å². The second-order valence-corrected chi connectivity index (χ2v) is 10.7. The molecule has 2 saturated heterocycles. The summed E-state index contributed by atoms with van der Waals surface area (Å²) in [5.74, 6) is 1.26. The van der Waals surface area contributed by atoms with Gasteiger partial charge in [-0.1, -0.05) is 12.1 Å². The molecule has 0 saturated carbocycles. The topological polar surface area (TPSA) is 130 Å². The maximum Gasteiger partial charge on any atom is 0.271 e. The molecule has 2 aliphatic rings. The molecule has 218 valence electrons. The fraction of sp³-hybridized carbons (Fsp3) is 0.387. The smallest absolute Gasteiger partial charge is 0.271 e. The number of aromatic nitrogens is 2. The van der Waals surface area contributed by atoms with Crippen LogP contribution in [0.3, 0.4) is 0 Å². The van der Waals surface area contributed by atoms with Crippen LogP contribution in [0.15, 0.2) is 54.7 Å². The lowest BCUT2D eigenvalue weighted by atomic mass is 9.89. The van der Waals surface area contributed by atoms with Crippen molar-refractivity contribution >= 4 is 29.1 Å². The summed E-state index contributed by atoms with van der Waals surface area (Å²) >= 11 is 0. The highest BCUT2D eigenvalue weighted by Crippen LogP contribution is 2.30. The number of amides is 2. The van der Waals surface area contributed by atoms with Gasteiger partial charge >= 0.3 is 0 Å². The number of nitrogens with zero attached hydrogens (tertiary/aromatic N) is 5. The average Bonchev–Trinajstić information content (AvgIpc) is 3.02. The normalized spacial score (nSPS) is 17.7. The van der Waals surface area contributed by atoms with Gasteiger partial charge < -0.3 is 26.0 Å². The quantitative estimate of drug-likeness (QED) is 0.333. The standard InChI is InChI=1S/C31H36N8O3/c1-33-20-38-16-13-22(14-17-38)21-5-9-24(10-6-21)35-30-28(29(32)40)34-18-27(37-30)39-15-3-4-25(19-39)36-31(41)23-7-11-26(42-2)12-8-23/h5-12,18,22,25H,3-4,13-17,19-20H2,2H3,(H2,32,40)(H,35,37)(H,36,41)/t25-/m1/s1. The Kier molecular flexibility index (Phi) is 9.14. The molecule has 42 heavy (non-hydrogen) atoms. The molecule has 2 amide bonds. The van der Waals surface area contributed by atoms with Crippen LogP contribution in [0.2, 0.25) is 0 Å². The second kappa shape index (κ2) is 13.3. The van der Waals surface area contributed by atoms with E-state index in [0.29, 0.717) is 42.1 Å². The Bertz CT molecular complexity index is 1430. The van der Waals surface area contributed by atoms with Gasteiger partial charge in [0.1, 0.15) is 11.6 Å². The van der Waals surface area contributed by atoms with Crippen LogP contribution in [0.1, 0.15) is 58.0 Å². The summed E-state index contributed by atoms with van der Waals surface area (Å²) < 4.78 is 5.18. The van der Waals surface area contributed by atoms with Gasteiger partial charge in [-0.25, -0.2) is 21.4 Å². The van der Waals surface area contributed by atoms with Crippen LogP contribution in [0, 0.1) is 6.57 Å². The molecule has 5 rings (SSSR count). The van der Waals surface area contributed by atoms with Crippen molar-refractivity contribution in [3.8, 4) is 5.75 Å². The predicted octanol–water partition coefficient (Wildman–Crippen LogP) is 3.78. The lowest BCUT2D eigenvalue weighted by Crippen LogP contribution is -2.48. The molecule has 0 unspecified atom stereocenters. The second-order valence-electron chi connectivity index (χ2n) is 10.7. The molecule has 0 aliphatic carbocycles. The van der Waals surface area contributed by atoms with E-state index in [9.17, 15) is 9.59 Å². The summed E-state index contributed by atoms with van der Waals surface area (Å²) in [5, 5.41) is 6.36. The number of primary amides is 1.